The summed E-state index contributed by atoms with van der Waals surface area (Å²) in [5, 5.41) is 8.31. The van der Waals surface area contributed by atoms with Crippen molar-refractivity contribution in [3.8, 4) is 0 Å². The van der Waals surface area contributed by atoms with Crippen molar-refractivity contribution in [2.45, 2.75) is 25.3 Å². The van der Waals surface area contributed by atoms with Crippen molar-refractivity contribution < 1.29 is 4.79 Å². The highest BCUT2D eigenvalue weighted by molar-refractivity contribution is 7.98. The van der Waals surface area contributed by atoms with E-state index in [4.69, 9.17) is 0 Å². The number of hydrogen-bond donors (Lipinski definition) is 1. The topological polar surface area (TPSA) is 64.0 Å². The van der Waals surface area contributed by atoms with Crippen LogP contribution in [-0.4, -0.2) is 21.9 Å². The Balaban J connectivity index is 2.03. The minimum absolute atomic E-state index is 0.171. The van der Waals surface area contributed by atoms with Crippen molar-refractivity contribution in [2.75, 3.05) is 11.6 Å². The first-order valence-electron chi connectivity index (χ1n) is 8.45. The lowest BCUT2D eigenvalue weighted by atomic mass is 10.1. The van der Waals surface area contributed by atoms with Gasteiger partial charge in [0.1, 0.15) is 0 Å². The summed E-state index contributed by atoms with van der Waals surface area (Å²) >= 11 is 1.64. The molecule has 0 aliphatic carbocycles. The zero-order valence-electron chi connectivity index (χ0n) is 15.0. The first-order chi connectivity index (χ1) is 12.5. The molecule has 2 aromatic carbocycles. The van der Waals surface area contributed by atoms with E-state index < -0.39 is 0 Å². The molecule has 134 valence electrons. The summed E-state index contributed by atoms with van der Waals surface area (Å²) in [6.07, 6.45) is 2.00. The van der Waals surface area contributed by atoms with Crippen molar-refractivity contribution >= 4 is 34.1 Å². The van der Waals surface area contributed by atoms with Crippen LogP contribution < -0.4 is 10.9 Å². The molecule has 0 radical (unpaired) electrons. The predicted molar refractivity (Wildman–Crippen MR) is 107 cm³/mol. The van der Waals surface area contributed by atoms with Gasteiger partial charge in [0.15, 0.2) is 5.69 Å². The highest BCUT2D eigenvalue weighted by Gasteiger charge is 2.17. The lowest BCUT2D eigenvalue weighted by Gasteiger charge is -2.13. The summed E-state index contributed by atoms with van der Waals surface area (Å²) < 4.78 is 1.39. The number of benzene rings is 2. The van der Waals surface area contributed by atoms with Crippen LogP contribution in [0.1, 0.15) is 24.3 Å². The van der Waals surface area contributed by atoms with E-state index in [0.29, 0.717) is 23.0 Å². The molecule has 0 aliphatic heterocycles. The van der Waals surface area contributed by atoms with Gasteiger partial charge in [-0.2, -0.15) is 5.10 Å². The fourth-order valence-corrected chi connectivity index (χ4v) is 3.15. The van der Waals surface area contributed by atoms with Gasteiger partial charge in [0.05, 0.1) is 5.39 Å². The highest BCUT2D eigenvalue weighted by Crippen LogP contribution is 2.19. The number of anilines is 1. The summed E-state index contributed by atoms with van der Waals surface area (Å²) in [5.41, 5.74) is 0.783. The Morgan fingerprint density at radius 3 is 2.38 bits per heavy atom. The number of rotatable bonds is 5. The van der Waals surface area contributed by atoms with E-state index in [9.17, 15) is 9.59 Å². The Labute approximate surface area is 156 Å². The maximum atomic E-state index is 12.8. The SMILES string of the molecule is CSc1ccc(NC(=O)c2nn(CC(C)C)c(=O)c3ccccc23)cc1. The van der Waals surface area contributed by atoms with Crippen molar-refractivity contribution in [1.29, 1.82) is 0 Å². The molecule has 1 heterocycles. The molecule has 1 N–H and O–H groups in total. The van der Waals surface area contributed by atoms with E-state index in [1.54, 1.807) is 36.0 Å². The minimum Gasteiger partial charge on any atom is -0.321 e. The molecule has 0 fully saturated rings. The molecule has 0 atom stereocenters. The summed E-state index contributed by atoms with van der Waals surface area (Å²) in [6, 6.07) is 14.7. The third-order valence-corrected chi connectivity index (χ3v) is 4.71. The van der Waals surface area contributed by atoms with Crippen LogP contribution in [-0.2, 0) is 6.54 Å². The van der Waals surface area contributed by atoms with Gasteiger partial charge in [-0.15, -0.1) is 11.8 Å². The number of carbonyl (C=O) groups is 1. The molecule has 0 unspecified atom stereocenters. The maximum absolute atomic E-state index is 12.8. The molecule has 5 nitrogen and oxygen atoms in total. The van der Waals surface area contributed by atoms with Crippen molar-refractivity contribution in [3.05, 3.63) is 64.6 Å². The highest BCUT2D eigenvalue weighted by atomic mass is 32.2. The number of thioether (sulfide) groups is 1. The zero-order valence-corrected chi connectivity index (χ0v) is 15.8. The van der Waals surface area contributed by atoms with Crippen molar-refractivity contribution in [2.24, 2.45) is 5.92 Å². The smallest absolute Gasteiger partial charge is 0.276 e. The van der Waals surface area contributed by atoms with Gasteiger partial charge in [-0.3, -0.25) is 9.59 Å². The van der Waals surface area contributed by atoms with Crippen LogP contribution in [0.2, 0.25) is 0 Å². The van der Waals surface area contributed by atoms with Gasteiger partial charge >= 0.3 is 0 Å². The summed E-state index contributed by atoms with van der Waals surface area (Å²) in [6.45, 7) is 4.49. The molecule has 1 aromatic heterocycles. The average molecular weight is 367 g/mol. The fourth-order valence-electron chi connectivity index (χ4n) is 2.74. The van der Waals surface area contributed by atoms with Crippen LogP contribution in [0.3, 0.4) is 0 Å². The van der Waals surface area contributed by atoms with Crippen LogP contribution in [0.4, 0.5) is 5.69 Å². The summed E-state index contributed by atoms with van der Waals surface area (Å²) in [7, 11) is 0. The summed E-state index contributed by atoms with van der Waals surface area (Å²) in [4.78, 5) is 26.6. The second-order valence-corrected chi connectivity index (χ2v) is 7.34. The van der Waals surface area contributed by atoms with Gasteiger partial charge in [-0.1, -0.05) is 32.0 Å². The van der Waals surface area contributed by atoms with E-state index in [1.807, 2.05) is 44.4 Å². The van der Waals surface area contributed by atoms with E-state index in [0.717, 1.165) is 4.90 Å². The van der Waals surface area contributed by atoms with Crippen molar-refractivity contribution in [1.82, 2.24) is 9.78 Å². The van der Waals surface area contributed by atoms with Gasteiger partial charge in [0.2, 0.25) is 0 Å². The molecular formula is C20H21N3O2S. The quantitative estimate of drug-likeness (QED) is 0.692. The number of aromatic nitrogens is 2. The van der Waals surface area contributed by atoms with Gasteiger partial charge in [-0.05, 0) is 42.5 Å². The van der Waals surface area contributed by atoms with Gasteiger partial charge in [-0.25, -0.2) is 4.68 Å². The fraction of sp³-hybridized carbons (Fsp3) is 0.250. The minimum atomic E-state index is -0.324. The largest absolute Gasteiger partial charge is 0.321 e. The monoisotopic (exact) mass is 367 g/mol. The number of amides is 1. The number of hydrogen-bond acceptors (Lipinski definition) is 4. The molecule has 3 rings (SSSR count). The van der Waals surface area contributed by atoms with E-state index in [2.05, 4.69) is 10.4 Å². The maximum Gasteiger partial charge on any atom is 0.276 e. The molecule has 0 spiro atoms. The second-order valence-electron chi connectivity index (χ2n) is 6.46. The standard InChI is InChI=1S/C20H21N3O2S/c1-13(2)12-23-20(25)17-7-5-4-6-16(17)18(22-23)19(24)21-14-8-10-15(26-3)11-9-14/h4-11,13H,12H2,1-3H3,(H,21,24). The molecular weight excluding hydrogens is 346 g/mol. The van der Waals surface area contributed by atoms with E-state index in [1.165, 1.54) is 4.68 Å². The first-order valence-corrected chi connectivity index (χ1v) is 9.67. The van der Waals surface area contributed by atoms with E-state index >= 15 is 0 Å². The molecule has 0 saturated carbocycles. The van der Waals surface area contributed by atoms with Gasteiger partial charge < -0.3 is 5.32 Å². The molecule has 0 bridgehead atoms. The third-order valence-electron chi connectivity index (χ3n) is 3.97. The Bertz CT molecular complexity index is 994. The predicted octanol–water partition coefficient (Wildman–Crippen LogP) is 4.03. The Morgan fingerprint density at radius 2 is 1.77 bits per heavy atom. The van der Waals surface area contributed by atoms with Crippen LogP contribution in [0.25, 0.3) is 10.8 Å². The summed E-state index contributed by atoms with van der Waals surface area (Å²) in [5.74, 6) is -0.0769. The normalized spacial score (nSPS) is 11.1. The van der Waals surface area contributed by atoms with Crippen LogP contribution in [0.5, 0.6) is 0 Å². The number of nitrogens with one attached hydrogen (secondary N) is 1. The Hall–Kier alpha value is -2.60. The van der Waals surface area contributed by atoms with E-state index in [-0.39, 0.29) is 23.1 Å². The molecule has 3 aromatic rings. The average Bonchev–Trinajstić information content (AvgIpc) is 2.64. The Morgan fingerprint density at radius 1 is 1.12 bits per heavy atom. The zero-order chi connectivity index (χ0) is 18.7. The van der Waals surface area contributed by atoms with Crippen LogP contribution in [0, 0.1) is 5.92 Å². The second kappa shape index (κ2) is 7.74. The number of nitrogens with zero attached hydrogens (tertiary/aromatic N) is 2. The van der Waals surface area contributed by atoms with Gasteiger partial charge in [0.25, 0.3) is 11.5 Å². The molecule has 26 heavy (non-hydrogen) atoms. The first kappa shape index (κ1) is 18.2. The number of fused-ring (bicyclic) bond motifs is 1. The van der Waals surface area contributed by atoms with Crippen LogP contribution >= 0.6 is 11.8 Å². The van der Waals surface area contributed by atoms with Crippen LogP contribution in [0.15, 0.2) is 58.2 Å². The van der Waals surface area contributed by atoms with Crippen molar-refractivity contribution in [3.63, 3.8) is 0 Å². The lowest BCUT2D eigenvalue weighted by Crippen LogP contribution is -2.29. The molecule has 1 amide bonds. The number of carbonyl (C=O) groups excluding carboxylic acids is 1. The third kappa shape index (κ3) is 3.80. The molecule has 0 saturated heterocycles. The molecule has 6 heteroatoms. The van der Waals surface area contributed by atoms with Gasteiger partial charge in [0, 0.05) is 22.5 Å². The molecule has 0 aliphatic rings. The Kier molecular flexibility index (Phi) is 5.42. The lowest BCUT2D eigenvalue weighted by molar-refractivity contribution is 0.102.